The molecule has 1 aliphatic rings. The van der Waals surface area contributed by atoms with Crippen molar-refractivity contribution in [2.45, 2.75) is 13.0 Å². The van der Waals surface area contributed by atoms with E-state index < -0.39 is 11.0 Å². The molecule has 1 aliphatic heterocycles. The smallest absolute Gasteiger partial charge is 0.270 e. The van der Waals surface area contributed by atoms with E-state index in [0.717, 1.165) is 34.2 Å². The number of nitro benzene ring substituents is 1. The molecule has 0 spiro atoms. The summed E-state index contributed by atoms with van der Waals surface area (Å²) in [5.41, 5.74) is 5.04. The van der Waals surface area contributed by atoms with Gasteiger partial charge in [0, 0.05) is 18.3 Å². The first kappa shape index (κ1) is 20.9. The van der Waals surface area contributed by atoms with Crippen LogP contribution in [0.2, 0.25) is 0 Å². The highest BCUT2D eigenvalue weighted by Crippen LogP contribution is 2.40. The molecule has 6 nitrogen and oxygen atoms in total. The number of rotatable bonds is 6. The van der Waals surface area contributed by atoms with Gasteiger partial charge in [-0.2, -0.15) is 0 Å². The number of pyridine rings is 1. The molecule has 2 aromatic carbocycles. The molecular weight excluding hydrogens is 402 g/mol. The molecule has 32 heavy (non-hydrogen) atoms. The number of fused-ring (bicyclic) bond motifs is 1. The lowest BCUT2D eigenvalue weighted by molar-refractivity contribution is -0.384. The molecule has 0 aliphatic carbocycles. The molecule has 6 heteroatoms. The summed E-state index contributed by atoms with van der Waals surface area (Å²) in [4.78, 5) is 29.5. The first-order valence-corrected chi connectivity index (χ1v) is 10.1. The van der Waals surface area contributed by atoms with Crippen LogP contribution < -0.4 is 4.90 Å². The summed E-state index contributed by atoms with van der Waals surface area (Å²) in [7, 11) is 0. The van der Waals surface area contributed by atoms with Gasteiger partial charge in [0.05, 0.1) is 10.6 Å². The van der Waals surface area contributed by atoms with Gasteiger partial charge in [0.15, 0.2) is 0 Å². The van der Waals surface area contributed by atoms with Crippen LogP contribution in [0.3, 0.4) is 0 Å². The molecule has 0 saturated heterocycles. The number of hydrogen-bond acceptors (Lipinski definition) is 5. The predicted octanol–water partition coefficient (Wildman–Crippen LogP) is 5.67. The summed E-state index contributed by atoms with van der Waals surface area (Å²) in [5, 5.41) is 11.2. The van der Waals surface area contributed by atoms with Crippen molar-refractivity contribution in [3.63, 3.8) is 0 Å². The Labute approximate surface area is 186 Å². The standard InChI is InChI=1S/C26H21N3O3/c1-3-20(14-19-9-7-10-21(15-19)29(31)32)24-16-23-18(2)8-6-11-22(23)25(17-30)28(24)26-12-4-5-13-27-26/h3-17,25H,1H2,2H3. The van der Waals surface area contributed by atoms with E-state index >= 15 is 0 Å². The Morgan fingerprint density at radius 2 is 1.97 bits per heavy atom. The van der Waals surface area contributed by atoms with Gasteiger partial charge in [-0.15, -0.1) is 0 Å². The van der Waals surface area contributed by atoms with Crippen LogP contribution in [-0.2, 0) is 4.79 Å². The molecule has 0 fully saturated rings. The third-order valence-corrected chi connectivity index (χ3v) is 5.44. The lowest BCUT2D eigenvalue weighted by Gasteiger charge is -2.37. The van der Waals surface area contributed by atoms with Crippen LogP contribution in [-0.4, -0.2) is 16.2 Å². The van der Waals surface area contributed by atoms with Gasteiger partial charge in [0.2, 0.25) is 0 Å². The van der Waals surface area contributed by atoms with Crippen LogP contribution in [0, 0.1) is 17.0 Å². The average molecular weight is 423 g/mol. The number of non-ortho nitro benzene ring substituents is 1. The normalized spacial score (nSPS) is 15.5. The zero-order chi connectivity index (χ0) is 22.7. The Morgan fingerprint density at radius 3 is 2.66 bits per heavy atom. The van der Waals surface area contributed by atoms with E-state index in [-0.39, 0.29) is 5.69 Å². The Balaban J connectivity index is 1.94. The van der Waals surface area contributed by atoms with Crippen molar-refractivity contribution in [3.8, 4) is 0 Å². The number of aryl methyl sites for hydroxylation is 1. The van der Waals surface area contributed by atoms with Crippen LogP contribution in [0.4, 0.5) is 11.5 Å². The van der Waals surface area contributed by atoms with Gasteiger partial charge in [-0.1, -0.05) is 49.1 Å². The number of aromatic nitrogens is 1. The van der Waals surface area contributed by atoms with Gasteiger partial charge in [0.25, 0.3) is 5.69 Å². The van der Waals surface area contributed by atoms with Crippen LogP contribution >= 0.6 is 0 Å². The van der Waals surface area contributed by atoms with Crippen molar-refractivity contribution in [2.24, 2.45) is 0 Å². The zero-order valence-corrected chi connectivity index (χ0v) is 17.5. The molecule has 3 aromatic rings. The van der Waals surface area contributed by atoms with Crippen LogP contribution in [0.15, 0.2) is 90.8 Å². The molecule has 0 saturated carbocycles. The molecular formula is C26H21N3O3. The fraction of sp³-hybridized carbons (Fsp3) is 0.0769. The van der Waals surface area contributed by atoms with E-state index in [4.69, 9.17) is 0 Å². The molecule has 2 heterocycles. The van der Waals surface area contributed by atoms with E-state index in [1.807, 2.05) is 60.4 Å². The highest BCUT2D eigenvalue weighted by molar-refractivity contribution is 5.85. The molecule has 4 rings (SSSR count). The third kappa shape index (κ3) is 3.86. The largest absolute Gasteiger partial charge is 0.311 e. The number of anilines is 1. The molecule has 0 N–H and O–H groups in total. The van der Waals surface area contributed by atoms with Crippen molar-refractivity contribution in [1.29, 1.82) is 0 Å². The zero-order valence-electron chi connectivity index (χ0n) is 17.5. The highest BCUT2D eigenvalue weighted by Gasteiger charge is 2.31. The van der Waals surface area contributed by atoms with Gasteiger partial charge in [-0.05, 0) is 59.0 Å². The van der Waals surface area contributed by atoms with Gasteiger partial charge in [0.1, 0.15) is 18.1 Å². The van der Waals surface area contributed by atoms with E-state index in [1.54, 1.807) is 24.4 Å². The maximum absolute atomic E-state index is 12.3. The first-order chi connectivity index (χ1) is 15.5. The number of nitro groups is 1. The van der Waals surface area contributed by atoms with Crippen molar-refractivity contribution in [1.82, 2.24) is 4.98 Å². The minimum absolute atomic E-state index is 0.00771. The molecule has 1 atom stereocenters. The second kappa shape index (κ2) is 8.81. The van der Waals surface area contributed by atoms with E-state index in [2.05, 4.69) is 11.6 Å². The topological polar surface area (TPSA) is 76.3 Å². The molecule has 0 amide bonds. The average Bonchev–Trinajstić information content (AvgIpc) is 2.82. The quantitative estimate of drug-likeness (QED) is 0.221. The molecule has 158 valence electrons. The van der Waals surface area contributed by atoms with Crippen molar-refractivity contribution in [3.05, 3.63) is 123 Å². The molecule has 1 aromatic heterocycles. The lowest BCUT2D eigenvalue weighted by atomic mass is 9.89. The number of carbonyl (C=O) groups excluding carboxylic acids is 1. The molecule has 0 bridgehead atoms. The SMILES string of the molecule is C=CC(=Cc1cccc([N+](=O)[O-])c1)C1=Cc2c(C)cccc2C(C=O)N1c1ccccn1. The predicted molar refractivity (Wildman–Crippen MR) is 126 cm³/mol. The van der Waals surface area contributed by atoms with Gasteiger partial charge < -0.3 is 9.69 Å². The van der Waals surface area contributed by atoms with Crippen LogP contribution in [0.1, 0.15) is 28.3 Å². The highest BCUT2D eigenvalue weighted by atomic mass is 16.6. The Kier molecular flexibility index (Phi) is 5.77. The number of aldehydes is 1. The van der Waals surface area contributed by atoms with Crippen molar-refractivity contribution >= 4 is 29.9 Å². The number of nitrogens with zero attached hydrogens (tertiary/aromatic N) is 3. The third-order valence-electron chi connectivity index (χ3n) is 5.44. The summed E-state index contributed by atoms with van der Waals surface area (Å²) in [6.07, 6.45) is 8.12. The Morgan fingerprint density at radius 1 is 1.16 bits per heavy atom. The summed E-state index contributed by atoms with van der Waals surface area (Å²) >= 11 is 0. The summed E-state index contributed by atoms with van der Waals surface area (Å²) in [6, 6.07) is 17.2. The Bertz CT molecular complexity index is 1260. The minimum Gasteiger partial charge on any atom is -0.311 e. The van der Waals surface area contributed by atoms with E-state index in [1.165, 1.54) is 12.1 Å². The monoisotopic (exact) mass is 423 g/mol. The minimum atomic E-state index is -0.576. The summed E-state index contributed by atoms with van der Waals surface area (Å²) < 4.78 is 0. The number of allylic oxidation sites excluding steroid dienone is 1. The van der Waals surface area contributed by atoms with Gasteiger partial charge in [-0.3, -0.25) is 10.1 Å². The number of hydrogen-bond donors (Lipinski definition) is 0. The van der Waals surface area contributed by atoms with Crippen LogP contribution in [0.5, 0.6) is 0 Å². The number of carbonyl (C=O) groups is 1. The fourth-order valence-corrected chi connectivity index (χ4v) is 3.92. The van der Waals surface area contributed by atoms with E-state index in [9.17, 15) is 14.9 Å². The second-order valence-corrected chi connectivity index (χ2v) is 7.40. The molecule has 1 unspecified atom stereocenters. The maximum Gasteiger partial charge on any atom is 0.270 e. The fourth-order valence-electron chi connectivity index (χ4n) is 3.92. The number of benzene rings is 2. The summed E-state index contributed by atoms with van der Waals surface area (Å²) in [5.74, 6) is 0.620. The van der Waals surface area contributed by atoms with E-state index in [0.29, 0.717) is 11.4 Å². The van der Waals surface area contributed by atoms with Gasteiger partial charge in [-0.25, -0.2) is 4.98 Å². The molecule has 0 radical (unpaired) electrons. The van der Waals surface area contributed by atoms with Crippen LogP contribution in [0.25, 0.3) is 12.2 Å². The summed E-state index contributed by atoms with van der Waals surface area (Å²) in [6.45, 7) is 5.97. The van der Waals surface area contributed by atoms with Crippen molar-refractivity contribution in [2.75, 3.05) is 4.90 Å². The Hall–Kier alpha value is -4.32. The van der Waals surface area contributed by atoms with Gasteiger partial charge >= 0.3 is 0 Å². The maximum atomic E-state index is 12.3. The van der Waals surface area contributed by atoms with Crippen molar-refractivity contribution < 1.29 is 9.72 Å². The first-order valence-electron chi connectivity index (χ1n) is 10.1. The second-order valence-electron chi connectivity index (χ2n) is 7.40. The lowest BCUT2D eigenvalue weighted by Crippen LogP contribution is -2.33.